The zero-order chi connectivity index (χ0) is 17.6. The van der Waals surface area contributed by atoms with Gasteiger partial charge in [0.05, 0.1) is 11.6 Å². The Kier molecular flexibility index (Phi) is 5.60. The number of carbonyl (C=O) groups is 1. The summed E-state index contributed by atoms with van der Waals surface area (Å²) in [6.45, 7) is 4.33. The number of benzene rings is 1. The molecule has 0 aliphatic carbocycles. The van der Waals surface area contributed by atoms with Crippen LogP contribution in [0.5, 0.6) is 0 Å². The quantitative estimate of drug-likeness (QED) is 0.694. The van der Waals surface area contributed by atoms with Crippen molar-refractivity contribution in [3.05, 3.63) is 57.7 Å². The van der Waals surface area contributed by atoms with Gasteiger partial charge in [0, 0.05) is 28.6 Å². The van der Waals surface area contributed by atoms with Crippen LogP contribution in [0, 0.1) is 13.8 Å². The minimum Gasteiger partial charge on any atom is -0.356 e. The predicted octanol–water partition coefficient (Wildman–Crippen LogP) is 4.05. The van der Waals surface area contributed by atoms with E-state index >= 15 is 0 Å². The van der Waals surface area contributed by atoms with Gasteiger partial charge in [-0.05, 0) is 26.7 Å². The molecule has 3 rings (SSSR count). The summed E-state index contributed by atoms with van der Waals surface area (Å²) in [5.41, 5.74) is 3.76. The number of aryl methyl sites for hydroxylation is 2. The van der Waals surface area contributed by atoms with Gasteiger partial charge in [-0.3, -0.25) is 4.79 Å². The van der Waals surface area contributed by atoms with Crippen molar-refractivity contribution in [3.8, 4) is 11.3 Å². The lowest BCUT2D eigenvalue weighted by molar-refractivity contribution is -0.121. The largest absolute Gasteiger partial charge is 0.356 e. The zero-order valence-electron chi connectivity index (χ0n) is 14.4. The van der Waals surface area contributed by atoms with Gasteiger partial charge in [-0.25, -0.2) is 4.98 Å². The average Bonchev–Trinajstić information content (AvgIpc) is 3.19. The molecule has 1 amide bonds. The number of amides is 1. The van der Waals surface area contributed by atoms with Gasteiger partial charge in [-0.15, -0.1) is 11.3 Å². The lowest BCUT2D eigenvalue weighted by Crippen LogP contribution is -2.23. The molecular formula is C19H21N3O2S. The summed E-state index contributed by atoms with van der Waals surface area (Å²) >= 11 is 1.65. The number of nitrogens with one attached hydrogen (secondary N) is 1. The molecule has 0 fully saturated rings. The summed E-state index contributed by atoms with van der Waals surface area (Å²) in [6, 6.07) is 9.85. The van der Waals surface area contributed by atoms with Gasteiger partial charge in [0.15, 0.2) is 5.76 Å². The number of carbonyl (C=O) groups excluding carboxylic acids is 1. The molecule has 0 saturated heterocycles. The average molecular weight is 355 g/mol. The molecule has 5 nitrogen and oxygen atoms in total. The number of hydrogen-bond donors (Lipinski definition) is 1. The van der Waals surface area contributed by atoms with Crippen LogP contribution >= 0.6 is 11.3 Å². The third-order valence-corrected chi connectivity index (χ3v) is 5.00. The maximum absolute atomic E-state index is 12.0. The SMILES string of the molecule is Cc1csc(CCCC(=O)NCc2noc(-c3ccccc3)c2C)n1. The number of thiazole rings is 1. The van der Waals surface area contributed by atoms with Crippen molar-refractivity contribution < 1.29 is 9.32 Å². The number of rotatable bonds is 7. The molecule has 0 aliphatic heterocycles. The topological polar surface area (TPSA) is 68.0 Å². The van der Waals surface area contributed by atoms with Crippen LogP contribution in [0.1, 0.15) is 34.8 Å². The second-order valence-corrected chi connectivity index (χ2v) is 6.90. The molecule has 1 aromatic carbocycles. The molecule has 1 N–H and O–H groups in total. The molecule has 0 atom stereocenters. The van der Waals surface area contributed by atoms with Gasteiger partial charge < -0.3 is 9.84 Å². The molecule has 2 aromatic heterocycles. The van der Waals surface area contributed by atoms with E-state index in [-0.39, 0.29) is 5.91 Å². The first-order chi connectivity index (χ1) is 12.1. The summed E-state index contributed by atoms with van der Waals surface area (Å²) in [5, 5.41) is 10.1. The second-order valence-electron chi connectivity index (χ2n) is 5.96. The highest BCUT2D eigenvalue weighted by molar-refractivity contribution is 7.09. The lowest BCUT2D eigenvalue weighted by atomic mass is 10.1. The van der Waals surface area contributed by atoms with Gasteiger partial charge in [-0.1, -0.05) is 35.5 Å². The van der Waals surface area contributed by atoms with Crippen molar-refractivity contribution in [2.75, 3.05) is 0 Å². The molecule has 0 bridgehead atoms. The fourth-order valence-electron chi connectivity index (χ4n) is 2.58. The van der Waals surface area contributed by atoms with E-state index in [1.165, 1.54) is 0 Å². The van der Waals surface area contributed by atoms with E-state index in [2.05, 4.69) is 15.5 Å². The Labute approximate surface area is 151 Å². The van der Waals surface area contributed by atoms with Crippen molar-refractivity contribution in [3.63, 3.8) is 0 Å². The molecule has 130 valence electrons. The number of nitrogens with zero attached hydrogens (tertiary/aromatic N) is 2. The first-order valence-corrected chi connectivity index (χ1v) is 9.19. The Bertz CT molecular complexity index is 839. The van der Waals surface area contributed by atoms with Gasteiger partial charge in [0.2, 0.25) is 5.91 Å². The van der Waals surface area contributed by atoms with Crippen molar-refractivity contribution >= 4 is 17.2 Å². The lowest BCUT2D eigenvalue weighted by Gasteiger charge is -2.03. The standard InChI is InChI=1S/C19H21N3O2S/c1-13-12-25-18(21-13)10-6-9-17(23)20-11-16-14(2)19(24-22-16)15-7-4-3-5-8-15/h3-5,7-8,12H,6,9-11H2,1-2H3,(H,20,23). The zero-order valence-corrected chi connectivity index (χ0v) is 15.2. The van der Waals surface area contributed by atoms with E-state index in [1.54, 1.807) is 11.3 Å². The van der Waals surface area contributed by atoms with Crippen molar-refractivity contribution in [2.24, 2.45) is 0 Å². The van der Waals surface area contributed by atoms with Gasteiger partial charge >= 0.3 is 0 Å². The first kappa shape index (κ1) is 17.4. The summed E-state index contributed by atoms with van der Waals surface area (Å²) in [6.07, 6.45) is 2.12. The maximum Gasteiger partial charge on any atom is 0.220 e. The summed E-state index contributed by atoms with van der Waals surface area (Å²) in [4.78, 5) is 16.4. The third-order valence-electron chi connectivity index (χ3n) is 3.97. The monoisotopic (exact) mass is 355 g/mol. The van der Waals surface area contributed by atoms with Crippen molar-refractivity contribution in [1.29, 1.82) is 0 Å². The van der Waals surface area contributed by atoms with E-state index in [4.69, 9.17) is 4.52 Å². The highest BCUT2D eigenvalue weighted by Crippen LogP contribution is 2.25. The van der Waals surface area contributed by atoms with E-state index < -0.39 is 0 Å². The van der Waals surface area contributed by atoms with Gasteiger partial charge in [0.25, 0.3) is 0 Å². The van der Waals surface area contributed by atoms with Crippen LogP contribution in [-0.2, 0) is 17.8 Å². The van der Waals surface area contributed by atoms with Gasteiger partial charge in [0.1, 0.15) is 5.69 Å². The highest BCUT2D eigenvalue weighted by atomic mass is 32.1. The first-order valence-electron chi connectivity index (χ1n) is 8.32. The Morgan fingerprint density at radius 3 is 2.76 bits per heavy atom. The molecule has 3 aromatic rings. The Morgan fingerprint density at radius 1 is 1.24 bits per heavy atom. The molecule has 0 saturated carbocycles. The molecular weight excluding hydrogens is 334 g/mol. The smallest absolute Gasteiger partial charge is 0.220 e. The fraction of sp³-hybridized carbons (Fsp3) is 0.316. The van der Waals surface area contributed by atoms with E-state index in [0.29, 0.717) is 13.0 Å². The molecule has 6 heteroatoms. The van der Waals surface area contributed by atoms with Crippen molar-refractivity contribution in [2.45, 2.75) is 39.7 Å². The van der Waals surface area contributed by atoms with E-state index in [1.807, 2.05) is 49.6 Å². The number of hydrogen-bond acceptors (Lipinski definition) is 5. The third kappa shape index (κ3) is 4.54. The Morgan fingerprint density at radius 2 is 2.04 bits per heavy atom. The van der Waals surface area contributed by atoms with Crippen LogP contribution in [0.25, 0.3) is 11.3 Å². The molecule has 2 heterocycles. The minimum absolute atomic E-state index is 0.0249. The molecule has 0 unspecified atom stereocenters. The predicted molar refractivity (Wildman–Crippen MR) is 98.3 cm³/mol. The van der Waals surface area contributed by atoms with Crippen LogP contribution in [0.2, 0.25) is 0 Å². The molecule has 0 aliphatic rings. The molecule has 25 heavy (non-hydrogen) atoms. The van der Waals surface area contributed by atoms with Crippen LogP contribution in [0.15, 0.2) is 40.2 Å². The maximum atomic E-state index is 12.0. The van der Waals surface area contributed by atoms with Crippen LogP contribution in [-0.4, -0.2) is 16.0 Å². The van der Waals surface area contributed by atoms with Crippen LogP contribution < -0.4 is 5.32 Å². The minimum atomic E-state index is 0.0249. The van der Waals surface area contributed by atoms with Crippen LogP contribution in [0.4, 0.5) is 0 Å². The normalized spacial score (nSPS) is 10.8. The van der Waals surface area contributed by atoms with E-state index in [0.717, 1.165) is 46.1 Å². The molecule has 0 radical (unpaired) electrons. The van der Waals surface area contributed by atoms with Crippen molar-refractivity contribution in [1.82, 2.24) is 15.5 Å². The highest BCUT2D eigenvalue weighted by Gasteiger charge is 2.14. The fourth-order valence-corrected chi connectivity index (χ4v) is 3.40. The summed E-state index contributed by atoms with van der Waals surface area (Å²) in [5.74, 6) is 0.779. The Hall–Kier alpha value is -2.47. The van der Waals surface area contributed by atoms with E-state index in [9.17, 15) is 4.79 Å². The van der Waals surface area contributed by atoms with Gasteiger partial charge in [-0.2, -0.15) is 0 Å². The molecule has 0 spiro atoms. The number of aromatic nitrogens is 2. The summed E-state index contributed by atoms with van der Waals surface area (Å²) in [7, 11) is 0. The van der Waals surface area contributed by atoms with Crippen LogP contribution in [0.3, 0.4) is 0 Å². The Balaban J connectivity index is 1.48. The summed E-state index contributed by atoms with van der Waals surface area (Å²) < 4.78 is 5.45. The second kappa shape index (κ2) is 8.07.